The fraction of sp³-hybridized carbons (Fsp3) is 0. The van der Waals surface area contributed by atoms with Gasteiger partial charge in [-0.2, -0.15) is 5.26 Å². The molecule has 0 saturated carbocycles. The number of para-hydroxylation sites is 1. The third kappa shape index (κ3) is 5.49. The molecule has 3 heterocycles. The molecule has 6 heteroatoms. The number of pyridine rings is 1. The van der Waals surface area contributed by atoms with Crippen LogP contribution in [0.5, 0.6) is 0 Å². The monoisotopic (exact) mass is 727 g/mol. The second-order valence-electron chi connectivity index (χ2n) is 14.1. The highest BCUT2D eigenvalue weighted by Gasteiger charge is 2.18. The lowest BCUT2D eigenvalue weighted by atomic mass is 9.89. The van der Waals surface area contributed by atoms with Crippen LogP contribution in [0.2, 0.25) is 0 Å². The van der Waals surface area contributed by atoms with E-state index >= 15 is 0 Å². The fourth-order valence-corrected chi connectivity index (χ4v) is 8.05. The average molecular weight is 728 g/mol. The van der Waals surface area contributed by atoms with E-state index in [1.54, 1.807) is 0 Å². The van der Waals surface area contributed by atoms with E-state index in [2.05, 4.69) is 91.0 Å². The summed E-state index contributed by atoms with van der Waals surface area (Å²) < 4.78 is 6.25. The Kier molecular flexibility index (Phi) is 7.44. The Morgan fingerprint density at radius 3 is 1.79 bits per heavy atom. The zero-order valence-corrected chi connectivity index (χ0v) is 30.4. The minimum atomic E-state index is 0.564. The highest BCUT2D eigenvalue weighted by molar-refractivity contribution is 6.23. The van der Waals surface area contributed by atoms with Crippen molar-refractivity contribution in [3.05, 3.63) is 182 Å². The van der Waals surface area contributed by atoms with Crippen molar-refractivity contribution in [2.45, 2.75) is 0 Å². The summed E-state index contributed by atoms with van der Waals surface area (Å²) >= 11 is 0. The van der Waals surface area contributed by atoms with Gasteiger partial charge in [-0.3, -0.25) is 4.98 Å². The molecule has 3 aromatic heterocycles. The van der Waals surface area contributed by atoms with E-state index in [4.69, 9.17) is 24.4 Å². The van der Waals surface area contributed by atoms with Gasteiger partial charge >= 0.3 is 0 Å². The largest absolute Gasteiger partial charge is 0.456 e. The average Bonchev–Trinajstić information content (AvgIpc) is 3.67. The predicted molar refractivity (Wildman–Crippen MR) is 229 cm³/mol. The number of rotatable bonds is 5. The van der Waals surface area contributed by atoms with Gasteiger partial charge in [-0.05, 0) is 92.8 Å². The minimum Gasteiger partial charge on any atom is -0.456 e. The lowest BCUT2D eigenvalue weighted by Gasteiger charge is -2.16. The Labute approximate surface area is 327 Å². The van der Waals surface area contributed by atoms with Crippen LogP contribution in [0.25, 0.3) is 111 Å². The van der Waals surface area contributed by atoms with E-state index in [1.165, 1.54) is 0 Å². The van der Waals surface area contributed by atoms with Gasteiger partial charge < -0.3 is 4.42 Å². The van der Waals surface area contributed by atoms with Crippen LogP contribution in [-0.4, -0.2) is 19.9 Å². The van der Waals surface area contributed by atoms with Crippen LogP contribution in [0.3, 0.4) is 0 Å². The number of aromatic nitrogens is 4. The lowest BCUT2D eigenvalue weighted by molar-refractivity contribution is 0.669. The quantitative estimate of drug-likeness (QED) is 0.164. The van der Waals surface area contributed by atoms with Crippen molar-refractivity contribution >= 4 is 54.4 Å². The summed E-state index contributed by atoms with van der Waals surface area (Å²) in [6.07, 6.45) is 1.85. The smallest absolute Gasteiger partial charge is 0.164 e. The Morgan fingerprint density at radius 1 is 0.386 bits per heavy atom. The van der Waals surface area contributed by atoms with Crippen molar-refractivity contribution in [3.8, 4) is 62.5 Å². The van der Waals surface area contributed by atoms with Gasteiger partial charge in [-0.15, -0.1) is 0 Å². The number of hydrogen-bond acceptors (Lipinski definition) is 6. The van der Waals surface area contributed by atoms with Crippen molar-refractivity contribution < 1.29 is 4.42 Å². The number of nitrogens with zero attached hydrogens (tertiary/aromatic N) is 5. The van der Waals surface area contributed by atoms with E-state index in [9.17, 15) is 5.26 Å². The number of nitriles is 1. The van der Waals surface area contributed by atoms with Crippen molar-refractivity contribution in [1.29, 1.82) is 5.26 Å². The summed E-state index contributed by atoms with van der Waals surface area (Å²) in [5.74, 6) is 1.73. The molecule has 0 bridgehead atoms. The van der Waals surface area contributed by atoms with Crippen LogP contribution in [0.1, 0.15) is 5.56 Å². The highest BCUT2D eigenvalue weighted by Crippen LogP contribution is 2.42. The fourth-order valence-electron chi connectivity index (χ4n) is 8.05. The van der Waals surface area contributed by atoms with Gasteiger partial charge in [0.1, 0.15) is 11.2 Å². The molecule has 0 aliphatic rings. The van der Waals surface area contributed by atoms with Gasteiger partial charge in [0.15, 0.2) is 17.5 Å². The van der Waals surface area contributed by atoms with Gasteiger partial charge in [0.25, 0.3) is 0 Å². The summed E-state index contributed by atoms with van der Waals surface area (Å²) in [5.41, 5.74) is 9.98. The maximum atomic E-state index is 9.43. The molecule has 0 amide bonds. The molecule has 57 heavy (non-hydrogen) atoms. The molecule has 0 aliphatic heterocycles. The standard InChI is InChI=1S/C51H29N5O/c52-30-31-19-21-32(22-20-31)42-28-45-41-17-9-25-53-48(41)43(29-44(45)38-15-5-4-14-37(38)42)34-12-8-13-35(26-34)50-54-49(33-10-2-1-3-11-33)55-51(56-50)36-23-24-40-39-16-6-7-18-46(39)57-47(40)27-36/h1-29H. The molecule has 264 valence electrons. The second-order valence-corrected chi connectivity index (χ2v) is 14.1. The maximum absolute atomic E-state index is 9.43. The molecule has 0 fully saturated rings. The van der Waals surface area contributed by atoms with Crippen LogP contribution >= 0.6 is 0 Å². The van der Waals surface area contributed by atoms with E-state index in [-0.39, 0.29) is 0 Å². The zero-order chi connectivity index (χ0) is 37.9. The van der Waals surface area contributed by atoms with Crippen LogP contribution < -0.4 is 0 Å². The number of benzene rings is 8. The highest BCUT2D eigenvalue weighted by atomic mass is 16.3. The Morgan fingerprint density at radius 2 is 0.982 bits per heavy atom. The van der Waals surface area contributed by atoms with Crippen molar-refractivity contribution in [2.75, 3.05) is 0 Å². The summed E-state index contributed by atoms with van der Waals surface area (Å²) in [5, 5.41) is 17.2. The van der Waals surface area contributed by atoms with Crippen LogP contribution in [0.4, 0.5) is 0 Å². The molecular formula is C51H29N5O. The molecule has 0 aliphatic carbocycles. The molecule has 8 aromatic carbocycles. The number of furan rings is 1. The minimum absolute atomic E-state index is 0.564. The first-order valence-corrected chi connectivity index (χ1v) is 18.8. The SMILES string of the molecule is N#Cc1ccc(-c2cc3c4cccnc4c(-c4cccc(-c5nc(-c6ccccc6)nc(-c6ccc7c(c6)oc6ccccc67)n5)c4)cc3c3ccccc23)cc1. The number of hydrogen-bond donors (Lipinski definition) is 0. The van der Waals surface area contributed by atoms with Crippen LogP contribution in [0.15, 0.2) is 180 Å². The normalized spacial score (nSPS) is 11.5. The Balaban J connectivity index is 1.09. The summed E-state index contributed by atoms with van der Waals surface area (Å²) in [6, 6.07) is 59.9. The van der Waals surface area contributed by atoms with Crippen molar-refractivity contribution in [1.82, 2.24) is 19.9 Å². The first-order chi connectivity index (χ1) is 28.2. The predicted octanol–water partition coefficient (Wildman–Crippen LogP) is 12.8. The van der Waals surface area contributed by atoms with E-state index < -0.39 is 0 Å². The first-order valence-electron chi connectivity index (χ1n) is 18.8. The summed E-state index contributed by atoms with van der Waals surface area (Å²) in [4.78, 5) is 20.1. The topological polar surface area (TPSA) is 88.5 Å². The summed E-state index contributed by atoms with van der Waals surface area (Å²) in [6.45, 7) is 0. The summed E-state index contributed by atoms with van der Waals surface area (Å²) in [7, 11) is 0. The zero-order valence-electron chi connectivity index (χ0n) is 30.4. The van der Waals surface area contributed by atoms with Gasteiger partial charge in [0.05, 0.1) is 17.1 Å². The third-order valence-electron chi connectivity index (χ3n) is 10.8. The maximum Gasteiger partial charge on any atom is 0.164 e. The lowest BCUT2D eigenvalue weighted by Crippen LogP contribution is -2.00. The van der Waals surface area contributed by atoms with Gasteiger partial charge in [0.2, 0.25) is 0 Å². The molecule has 0 saturated heterocycles. The Hall–Kier alpha value is -8.01. The van der Waals surface area contributed by atoms with Crippen molar-refractivity contribution in [3.63, 3.8) is 0 Å². The third-order valence-corrected chi connectivity index (χ3v) is 10.8. The van der Waals surface area contributed by atoms with Crippen molar-refractivity contribution in [2.24, 2.45) is 0 Å². The Bertz CT molecular complexity index is 3420. The van der Waals surface area contributed by atoms with Crippen LogP contribution in [0, 0.1) is 11.3 Å². The molecule has 0 spiro atoms. The van der Waals surface area contributed by atoms with Gasteiger partial charge in [0, 0.05) is 44.6 Å². The van der Waals surface area contributed by atoms with Gasteiger partial charge in [-0.25, -0.2) is 15.0 Å². The molecule has 0 unspecified atom stereocenters. The molecule has 0 N–H and O–H groups in total. The molecule has 6 nitrogen and oxygen atoms in total. The first kappa shape index (κ1) is 32.4. The van der Waals surface area contributed by atoms with E-state index in [0.717, 1.165) is 93.3 Å². The van der Waals surface area contributed by atoms with E-state index in [0.29, 0.717) is 23.0 Å². The van der Waals surface area contributed by atoms with Gasteiger partial charge in [-0.1, -0.05) is 115 Å². The molecule has 11 rings (SSSR count). The molecule has 11 aromatic rings. The molecule has 0 radical (unpaired) electrons. The molecular weight excluding hydrogens is 699 g/mol. The van der Waals surface area contributed by atoms with Crippen LogP contribution in [-0.2, 0) is 0 Å². The van der Waals surface area contributed by atoms with E-state index in [1.807, 2.05) is 91.1 Å². The number of fused-ring (bicyclic) bond motifs is 8. The second kappa shape index (κ2) is 13.1. The molecule has 0 atom stereocenters.